The fraction of sp³-hybridized carbons (Fsp3) is 0.267. The standard InChI is InChI=1S/C15H17FN4O/c1-3-20-12(7-9(2)19-20)14(18-17)13-8-10-5-4-6-11(16)15(10)21-13/h4-8,14,18H,3,17H2,1-2H3. The third kappa shape index (κ3) is 2.32. The van der Waals surface area contributed by atoms with Crippen LogP contribution in [0.25, 0.3) is 11.0 Å². The van der Waals surface area contributed by atoms with Gasteiger partial charge in [0.1, 0.15) is 11.8 Å². The van der Waals surface area contributed by atoms with Crippen molar-refractivity contribution in [3.05, 3.63) is 53.3 Å². The minimum absolute atomic E-state index is 0.243. The Morgan fingerprint density at radius 1 is 1.43 bits per heavy atom. The fourth-order valence-corrected chi connectivity index (χ4v) is 2.55. The number of halogens is 1. The zero-order chi connectivity index (χ0) is 15.0. The number of hydrazine groups is 1. The first-order valence-electron chi connectivity index (χ1n) is 6.82. The lowest BCUT2D eigenvalue weighted by Crippen LogP contribution is -2.30. The Morgan fingerprint density at radius 3 is 2.90 bits per heavy atom. The Balaban J connectivity index is 2.11. The first kappa shape index (κ1) is 13.8. The molecular formula is C15H17FN4O. The van der Waals surface area contributed by atoms with Gasteiger partial charge in [-0.2, -0.15) is 5.10 Å². The normalized spacial score (nSPS) is 13.0. The van der Waals surface area contributed by atoms with Crippen LogP contribution >= 0.6 is 0 Å². The number of nitrogens with zero attached hydrogens (tertiary/aromatic N) is 2. The number of aromatic nitrogens is 2. The zero-order valence-corrected chi connectivity index (χ0v) is 11.9. The quantitative estimate of drug-likeness (QED) is 0.572. The molecule has 1 atom stereocenters. The SMILES string of the molecule is CCn1nc(C)cc1C(NN)c1cc2cccc(F)c2o1. The summed E-state index contributed by atoms with van der Waals surface area (Å²) in [6.07, 6.45) is 0. The number of nitrogens with two attached hydrogens (primary N) is 1. The predicted molar refractivity (Wildman–Crippen MR) is 78.0 cm³/mol. The molecular weight excluding hydrogens is 271 g/mol. The second kappa shape index (κ2) is 5.31. The molecule has 0 saturated carbocycles. The Kier molecular flexibility index (Phi) is 3.48. The van der Waals surface area contributed by atoms with Gasteiger partial charge in [0.15, 0.2) is 11.4 Å². The van der Waals surface area contributed by atoms with Crippen LogP contribution in [0.3, 0.4) is 0 Å². The van der Waals surface area contributed by atoms with Crippen molar-refractivity contribution in [1.82, 2.24) is 15.2 Å². The van der Waals surface area contributed by atoms with Gasteiger partial charge in [0.2, 0.25) is 0 Å². The number of aryl methyl sites for hydroxylation is 2. The molecule has 1 aromatic carbocycles. The number of fused-ring (bicyclic) bond motifs is 1. The molecule has 6 heteroatoms. The van der Waals surface area contributed by atoms with E-state index in [0.29, 0.717) is 11.1 Å². The van der Waals surface area contributed by atoms with E-state index in [1.165, 1.54) is 6.07 Å². The summed E-state index contributed by atoms with van der Waals surface area (Å²) in [5, 5.41) is 5.11. The maximum Gasteiger partial charge on any atom is 0.169 e. The maximum absolute atomic E-state index is 13.8. The van der Waals surface area contributed by atoms with E-state index in [2.05, 4.69) is 10.5 Å². The van der Waals surface area contributed by atoms with Gasteiger partial charge in [-0.05, 0) is 32.0 Å². The maximum atomic E-state index is 13.8. The van der Waals surface area contributed by atoms with Crippen LogP contribution in [0.15, 0.2) is 34.7 Å². The van der Waals surface area contributed by atoms with E-state index in [-0.39, 0.29) is 17.4 Å². The van der Waals surface area contributed by atoms with E-state index >= 15 is 0 Å². The van der Waals surface area contributed by atoms with Crippen LogP contribution in [0.1, 0.15) is 30.1 Å². The summed E-state index contributed by atoms with van der Waals surface area (Å²) in [7, 11) is 0. The number of hydrogen-bond acceptors (Lipinski definition) is 4. The summed E-state index contributed by atoms with van der Waals surface area (Å²) in [4.78, 5) is 0. The van der Waals surface area contributed by atoms with Crippen molar-refractivity contribution in [2.75, 3.05) is 0 Å². The third-order valence-corrected chi connectivity index (χ3v) is 3.49. The Bertz CT molecular complexity index is 777. The summed E-state index contributed by atoms with van der Waals surface area (Å²) < 4.78 is 21.3. The minimum atomic E-state index is -0.380. The lowest BCUT2D eigenvalue weighted by molar-refractivity contribution is 0.443. The van der Waals surface area contributed by atoms with Crippen LogP contribution in [0.5, 0.6) is 0 Å². The second-order valence-electron chi connectivity index (χ2n) is 4.93. The molecule has 0 bridgehead atoms. The molecule has 3 aromatic rings. The molecule has 2 aromatic heterocycles. The lowest BCUT2D eigenvalue weighted by atomic mass is 10.1. The first-order chi connectivity index (χ1) is 10.1. The van der Waals surface area contributed by atoms with Gasteiger partial charge in [0, 0.05) is 11.9 Å². The van der Waals surface area contributed by atoms with Gasteiger partial charge in [-0.3, -0.25) is 10.5 Å². The van der Waals surface area contributed by atoms with E-state index in [1.54, 1.807) is 18.2 Å². The monoisotopic (exact) mass is 288 g/mol. The molecule has 0 saturated heterocycles. The van der Waals surface area contributed by atoms with Gasteiger partial charge in [-0.15, -0.1) is 0 Å². The Morgan fingerprint density at radius 2 is 2.24 bits per heavy atom. The van der Waals surface area contributed by atoms with Crippen LogP contribution in [-0.4, -0.2) is 9.78 Å². The molecule has 0 amide bonds. The molecule has 3 N–H and O–H groups in total. The number of furan rings is 1. The summed E-state index contributed by atoms with van der Waals surface area (Å²) in [6, 6.07) is 8.20. The minimum Gasteiger partial charge on any atom is -0.456 e. The highest BCUT2D eigenvalue weighted by atomic mass is 19.1. The van der Waals surface area contributed by atoms with Crippen molar-refractivity contribution in [1.29, 1.82) is 0 Å². The average Bonchev–Trinajstić information content (AvgIpc) is 3.04. The van der Waals surface area contributed by atoms with Crippen molar-refractivity contribution < 1.29 is 8.81 Å². The van der Waals surface area contributed by atoms with Gasteiger partial charge in [0.25, 0.3) is 0 Å². The van der Waals surface area contributed by atoms with Gasteiger partial charge < -0.3 is 4.42 Å². The summed E-state index contributed by atoms with van der Waals surface area (Å²) in [6.45, 7) is 4.64. The Labute approximate surface area is 121 Å². The Hall–Kier alpha value is -2.18. The third-order valence-electron chi connectivity index (χ3n) is 3.49. The van der Waals surface area contributed by atoms with Gasteiger partial charge >= 0.3 is 0 Å². The van der Waals surface area contributed by atoms with E-state index in [1.807, 2.05) is 24.6 Å². The highest BCUT2D eigenvalue weighted by molar-refractivity contribution is 5.78. The molecule has 0 fully saturated rings. The second-order valence-corrected chi connectivity index (χ2v) is 4.93. The molecule has 0 aliphatic carbocycles. The van der Waals surface area contributed by atoms with E-state index in [4.69, 9.17) is 10.3 Å². The van der Waals surface area contributed by atoms with Crippen molar-refractivity contribution in [3.8, 4) is 0 Å². The molecule has 5 nitrogen and oxygen atoms in total. The number of nitrogens with one attached hydrogen (secondary N) is 1. The molecule has 1 unspecified atom stereocenters. The van der Waals surface area contributed by atoms with Crippen LogP contribution in [0.2, 0.25) is 0 Å². The lowest BCUT2D eigenvalue weighted by Gasteiger charge is -2.14. The van der Waals surface area contributed by atoms with Crippen molar-refractivity contribution >= 4 is 11.0 Å². The number of rotatable bonds is 4. The number of benzene rings is 1. The van der Waals surface area contributed by atoms with Crippen LogP contribution in [0, 0.1) is 12.7 Å². The fourth-order valence-electron chi connectivity index (χ4n) is 2.55. The highest BCUT2D eigenvalue weighted by Crippen LogP contribution is 2.29. The predicted octanol–water partition coefficient (Wildman–Crippen LogP) is 2.65. The molecule has 110 valence electrons. The molecule has 21 heavy (non-hydrogen) atoms. The van der Waals surface area contributed by atoms with Crippen molar-refractivity contribution in [2.45, 2.75) is 26.4 Å². The van der Waals surface area contributed by atoms with E-state index in [0.717, 1.165) is 17.9 Å². The highest BCUT2D eigenvalue weighted by Gasteiger charge is 2.22. The summed E-state index contributed by atoms with van der Waals surface area (Å²) in [5.74, 6) is 5.87. The van der Waals surface area contributed by atoms with E-state index in [9.17, 15) is 4.39 Å². The van der Waals surface area contributed by atoms with Gasteiger partial charge in [0.05, 0.1) is 11.4 Å². The van der Waals surface area contributed by atoms with Crippen LogP contribution in [0.4, 0.5) is 4.39 Å². The van der Waals surface area contributed by atoms with Crippen molar-refractivity contribution in [3.63, 3.8) is 0 Å². The average molecular weight is 288 g/mol. The molecule has 0 radical (unpaired) electrons. The van der Waals surface area contributed by atoms with Crippen LogP contribution < -0.4 is 11.3 Å². The molecule has 0 spiro atoms. The van der Waals surface area contributed by atoms with Gasteiger partial charge in [-0.25, -0.2) is 9.82 Å². The summed E-state index contributed by atoms with van der Waals surface area (Å²) >= 11 is 0. The molecule has 0 aliphatic heterocycles. The first-order valence-corrected chi connectivity index (χ1v) is 6.82. The largest absolute Gasteiger partial charge is 0.456 e. The summed E-state index contributed by atoms with van der Waals surface area (Å²) in [5.41, 5.74) is 4.75. The topological polar surface area (TPSA) is 69.0 Å². The van der Waals surface area contributed by atoms with Gasteiger partial charge in [-0.1, -0.05) is 12.1 Å². The molecule has 3 rings (SSSR count). The molecule has 2 heterocycles. The zero-order valence-electron chi connectivity index (χ0n) is 11.9. The molecule has 0 aliphatic rings. The van der Waals surface area contributed by atoms with Crippen molar-refractivity contribution in [2.24, 2.45) is 5.84 Å². The smallest absolute Gasteiger partial charge is 0.169 e. The number of hydrogen-bond donors (Lipinski definition) is 2. The van der Waals surface area contributed by atoms with E-state index < -0.39 is 0 Å². The number of para-hydroxylation sites is 1. The van der Waals surface area contributed by atoms with Crippen LogP contribution in [-0.2, 0) is 6.54 Å².